The molecule has 2 unspecified atom stereocenters. The summed E-state index contributed by atoms with van der Waals surface area (Å²) in [5.41, 5.74) is 2.03. The van der Waals surface area contributed by atoms with Crippen molar-refractivity contribution in [2.24, 2.45) is 0 Å². The Labute approximate surface area is 152 Å². The molecular weight excluding hydrogens is 328 g/mol. The average molecular weight is 350 g/mol. The van der Waals surface area contributed by atoms with E-state index in [0.29, 0.717) is 17.0 Å². The van der Waals surface area contributed by atoms with Gasteiger partial charge in [-0.15, -0.1) is 0 Å². The van der Waals surface area contributed by atoms with Crippen molar-refractivity contribution in [3.8, 4) is 11.5 Å². The number of pyridine rings is 1. The van der Waals surface area contributed by atoms with Gasteiger partial charge in [-0.1, -0.05) is 18.2 Å². The summed E-state index contributed by atoms with van der Waals surface area (Å²) < 4.78 is 11.4. The van der Waals surface area contributed by atoms with Gasteiger partial charge >= 0.3 is 0 Å². The molecule has 26 heavy (non-hydrogen) atoms. The van der Waals surface area contributed by atoms with Gasteiger partial charge in [0.05, 0.1) is 23.2 Å². The number of ether oxygens (including phenoxy) is 1. The van der Waals surface area contributed by atoms with Crippen molar-refractivity contribution in [3.63, 3.8) is 0 Å². The molecule has 2 aromatic heterocycles. The monoisotopic (exact) mass is 350 g/mol. The Kier molecular flexibility index (Phi) is 4.47. The number of fused-ring (bicyclic) bond motifs is 1. The molecule has 0 aliphatic carbocycles. The molecule has 0 spiro atoms. The number of nitrogens with zero attached hydrogens (tertiary/aromatic N) is 1. The van der Waals surface area contributed by atoms with Crippen LogP contribution in [0.4, 0.5) is 0 Å². The zero-order chi connectivity index (χ0) is 18.1. The minimum Gasteiger partial charge on any atom is -0.460 e. The summed E-state index contributed by atoms with van der Waals surface area (Å²) in [5.74, 6) is 1.36. The van der Waals surface area contributed by atoms with Gasteiger partial charge in [-0.2, -0.15) is 0 Å². The van der Waals surface area contributed by atoms with Gasteiger partial charge in [0, 0.05) is 12.0 Å². The van der Waals surface area contributed by atoms with Crippen LogP contribution in [-0.4, -0.2) is 29.6 Å². The van der Waals surface area contributed by atoms with Crippen LogP contribution < -0.4 is 5.32 Å². The molecule has 0 saturated carbocycles. The average Bonchev–Trinajstić information content (AvgIpc) is 3.32. The zero-order valence-electron chi connectivity index (χ0n) is 15.0. The number of carbonyl (C=O) groups excluding carboxylic acids is 1. The van der Waals surface area contributed by atoms with Gasteiger partial charge in [-0.25, -0.2) is 4.98 Å². The Hall–Kier alpha value is -2.66. The van der Waals surface area contributed by atoms with Crippen LogP contribution in [0, 0.1) is 6.92 Å². The van der Waals surface area contributed by atoms with E-state index in [1.54, 1.807) is 6.07 Å². The van der Waals surface area contributed by atoms with Crippen LogP contribution in [-0.2, 0) is 4.74 Å². The summed E-state index contributed by atoms with van der Waals surface area (Å²) in [6.45, 7) is 4.65. The van der Waals surface area contributed by atoms with Crippen molar-refractivity contribution in [2.45, 2.75) is 38.8 Å². The van der Waals surface area contributed by atoms with E-state index in [1.807, 2.05) is 50.2 Å². The van der Waals surface area contributed by atoms with Gasteiger partial charge < -0.3 is 14.5 Å². The highest BCUT2D eigenvalue weighted by Gasteiger charge is 2.25. The fourth-order valence-corrected chi connectivity index (χ4v) is 3.44. The number of rotatable bonds is 4. The van der Waals surface area contributed by atoms with Crippen molar-refractivity contribution in [3.05, 3.63) is 53.8 Å². The molecule has 0 radical (unpaired) electrons. The van der Waals surface area contributed by atoms with Gasteiger partial charge in [0.25, 0.3) is 5.91 Å². The maximum absolute atomic E-state index is 13.0. The second-order valence-corrected chi connectivity index (χ2v) is 6.80. The van der Waals surface area contributed by atoms with Crippen LogP contribution in [0.2, 0.25) is 0 Å². The molecule has 1 saturated heterocycles. The molecule has 0 bridgehead atoms. The number of benzene rings is 1. The third-order valence-corrected chi connectivity index (χ3v) is 4.83. The van der Waals surface area contributed by atoms with Crippen LogP contribution in [0.25, 0.3) is 22.4 Å². The summed E-state index contributed by atoms with van der Waals surface area (Å²) in [6.07, 6.45) is 2.11. The minimum atomic E-state index is -0.115. The van der Waals surface area contributed by atoms with Crippen molar-refractivity contribution in [2.75, 3.05) is 6.61 Å². The van der Waals surface area contributed by atoms with E-state index in [2.05, 4.69) is 10.3 Å². The number of amides is 1. The lowest BCUT2D eigenvalue weighted by Gasteiger charge is -2.20. The predicted octanol–water partition coefficient (Wildman–Crippen LogP) is 4.10. The summed E-state index contributed by atoms with van der Waals surface area (Å²) in [5, 5.41) is 3.92. The first kappa shape index (κ1) is 16.8. The van der Waals surface area contributed by atoms with E-state index >= 15 is 0 Å². The summed E-state index contributed by atoms with van der Waals surface area (Å²) >= 11 is 0. The van der Waals surface area contributed by atoms with Crippen LogP contribution in [0.1, 0.15) is 35.9 Å². The quantitative estimate of drug-likeness (QED) is 0.769. The Bertz CT molecular complexity index is 941. The molecule has 1 amide bonds. The number of furan rings is 1. The maximum Gasteiger partial charge on any atom is 0.252 e. The first-order valence-corrected chi connectivity index (χ1v) is 9.01. The van der Waals surface area contributed by atoms with E-state index in [1.165, 1.54) is 0 Å². The van der Waals surface area contributed by atoms with Crippen molar-refractivity contribution in [1.29, 1.82) is 0 Å². The molecule has 5 nitrogen and oxygen atoms in total. The number of nitrogens with one attached hydrogen (secondary N) is 1. The SMILES string of the molecule is Cc1ccc(-c2cc(C(=O)NC(C)C3CCCO3)c3ccccc3n2)o1. The first-order chi connectivity index (χ1) is 12.6. The predicted molar refractivity (Wildman–Crippen MR) is 100 cm³/mol. The normalized spacial score (nSPS) is 18.2. The highest BCUT2D eigenvalue weighted by Crippen LogP contribution is 2.26. The van der Waals surface area contributed by atoms with E-state index in [9.17, 15) is 4.79 Å². The number of aryl methyl sites for hydroxylation is 1. The fourth-order valence-electron chi connectivity index (χ4n) is 3.44. The van der Waals surface area contributed by atoms with Gasteiger partial charge in [0.15, 0.2) is 5.76 Å². The second-order valence-electron chi connectivity index (χ2n) is 6.80. The Morgan fingerprint density at radius 3 is 2.85 bits per heavy atom. The summed E-state index contributed by atoms with van der Waals surface area (Å²) in [6, 6.07) is 13.2. The smallest absolute Gasteiger partial charge is 0.252 e. The Morgan fingerprint density at radius 1 is 1.27 bits per heavy atom. The highest BCUT2D eigenvalue weighted by atomic mass is 16.5. The molecule has 1 aliphatic rings. The molecule has 5 heteroatoms. The number of carbonyl (C=O) groups is 1. The topological polar surface area (TPSA) is 64.4 Å². The second kappa shape index (κ2) is 6.92. The third-order valence-electron chi connectivity index (χ3n) is 4.83. The van der Waals surface area contributed by atoms with Crippen LogP contribution in [0.3, 0.4) is 0 Å². The van der Waals surface area contributed by atoms with Crippen molar-refractivity contribution < 1.29 is 13.9 Å². The van der Waals surface area contributed by atoms with Gasteiger partial charge in [0.1, 0.15) is 11.5 Å². The number of hydrogen-bond donors (Lipinski definition) is 1. The van der Waals surface area contributed by atoms with Crippen LogP contribution in [0.5, 0.6) is 0 Å². The van der Waals surface area contributed by atoms with Crippen LogP contribution in [0.15, 0.2) is 46.9 Å². The van der Waals surface area contributed by atoms with E-state index in [-0.39, 0.29) is 18.1 Å². The first-order valence-electron chi connectivity index (χ1n) is 9.01. The fraction of sp³-hybridized carbons (Fsp3) is 0.333. The number of hydrogen-bond acceptors (Lipinski definition) is 4. The minimum absolute atomic E-state index is 0.0359. The standard InChI is InChI=1S/C21H22N2O3/c1-13-9-10-20(26-13)18-12-16(15-6-3-4-7-17(15)23-18)21(24)22-14(2)19-8-5-11-25-19/h3-4,6-7,9-10,12,14,19H,5,8,11H2,1-2H3,(H,22,24). The Balaban J connectivity index is 1.71. The number of para-hydroxylation sites is 1. The number of aromatic nitrogens is 1. The third kappa shape index (κ3) is 3.22. The molecule has 1 fully saturated rings. The summed E-state index contributed by atoms with van der Waals surface area (Å²) in [4.78, 5) is 17.6. The largest absolute Gasteiger partial charge is 0.460 e. The lowest BCUT2D eigenvalue weighted by molar-refractivity contribution is 0.0713. The van der Waals surface area contributed by atoms with Crippen LogP contribution >= 0.6 is 0 Å². The molecule has 1 aliphatic heterocycles. The molecule has 134 valence electrons. The van der Waals surface area contributed by atoms with Crippen molar-refractivity contribution >= 4 is 16.8 Å². The molecule has 1 N–H and O–H groups in total. The van der Waals surface area contributed by atoms with Gasteiger partial charge in [0.2, 0.25) is 0 Å². The molecule has 1 aromatic carbocycles. The lowest BCUT2D eigenvalue weighted by Crippen LogP contribution is -2.40. The molecule has 2 atom stereocenters. The highest BCUT2D eigenvalue weighted by molar-refractivity contribution is 6.07. The molecule has 3 aromatic rings. The molecule has 4 rings (SSSR count). The zero-order valence-corrected chi connectivity index (χ0v) is 15.0. The maximum atomic E-state index is 13.0. The van der Waals surface area contributed by atoms with Gasteiger partial charge in [-0.3, -0.25) is 4.79 Å². The lowest BCUT2D eigenvalue weighted by atomic mass is 10.0. The van der Waals surface area contributed by atoms with E-state index in [4.69, 9.17) is 9.15 Å². The van der Waals surface area contributed by atoms with E-state index < -0.39 is 0 Å². The van der Waals surface area contributed by atoms with Crippen molar-refractivity contribution in [1.82, 2.24) is 10.3 Å². The molecule has 3 heterocycles. The summed E-state index contributed by atoms with van der Waals surface area (Å²) in [7, 11) is 0. The Morgan fingerprint density at radius 2 is 2.12 bits per heavy atom. The van der Waals surface area contributed by atoms with E-state index in [0.717, 1.165) is 36.1 Å². The molecular formula is C21H22N2O3. The van der Waals surface area contributed by atoms with Gasteiger partial charge in [-0.05, 0) is 51.0 Å².